The zero-order chi connectivity index (χ0) is 13.2. The lowest BCUT2D eigenvalue weighted by Gasteiger charge is -2.23. The van der Waals surface area contributed by atoms with E-state index in [-0.39, 0.29) is 11.4 Å². The zero-order valence-electron chi connectivity index (χ0n) is 9.70. The summed E-state index contributed by atoms with van der Waals surface area (Å²) in [6.45, 7) is 0.943. The van der Waals surface area contributed by atoms with E-state index in [0.717, 1.165) is 5.56 Å². The Kier molecular flexibility index (Phi) is 3.63. The van der Waals surface area contributed by atoms with Crippen molar-refractivity contribution >= 4 is 15.5 Å². The molecule has 0 spiro atoms. The number of hydrogen-bond donors (Lipinski definition) is 1. The van der Waals surface area contributed by atoms with E-state index < -0.39 is 20.0 Å². The lowest BCUT2D eigenvalue weighted by atomic mass is 10.1. The van der Waals surface area contributed by atoms with Gasteiger partial charge in [0.25, 0.3) is 5.69 Å². The molecule has 7 heteroatoms. The highest BCUT2D eigenvalue weighted by molar-refractivity contribution is 7.92. The minimum Gasteiger partial charge on any atom is -0.314 e. The quantitative estimate of drug-likeness (QED) is 0.639. The molecule has 0 amide bonds. The van der Waals surface area contributed by atoms with E-state index in [1.54, 1.807) is 12.1 Å². The number of hydrogen-bond acceptors (Lipinski definition) is 5. The third kappa shape index (κ3) is 2.85. The Morgan fingerprint density at radius 1 is 1.33 bits per heavy atom. The van der Waals surface area contributed by atoms with Crippen LogP contribution in [0.2, 0.25) is 0 Å². The number of nitrogens with one attached hydrogen (secondary N) is 1. The van der Waals surface area contributed by atoms with Crippen molar-refractivity contribution < 1.29 is 13.3 Å². The standard InChI is InChI=1S/C11H14N2O4S/c14-13(15)10-3-1-9(2-4-10)7-11-8-12-5-6-18(11,16)17/h1-4,11-12H,5-8H2. The second-order valence-electron chi connectivity index (χ2n) is 4.32. The van der Waals surface area contributed by atoms with E-state index >= 15 is 0 Å². The molecule has 1 unspecified atom stereocenters. The topological polar surface area (TPSA) is 89.3 Å². The van der Waals surface area contributed by atoms with Crippen LogP contribution in [0.5, 0.6) is 0 Å². The molecule has 6 nitrogen and oxygen atoms in total. The van der Waals surface area contributed by atoms with Crippen molar-refractivity contribution in [3.8, 4) is 0 Å². The van der Waals surface area contributed by atoms with Crippen molar-refractivity contribution in [1.29, 1.82) is 0 Å². The van der Waals surface area contributed by atoms with Crippen LogP contribution in [0.3, 0.4) is 0 Å². The first-order valence-corrected chi connectivity index (χ1v) is 7.36. The predicted octanol–water partition coefficient (Wildman–Crippen LogP) is 0.524. The lowest BCUT2D eigenvalue weighted by Crippen LogP contribution is -2.44. The Labute approximate surface area is 105 Å². The molecule has 1 aromatic rings. The smallest absolute Gasteiger partial charge is 0.269 e. The van der Waals surface area contributed by atoms with Crippen LogP contribution in [0.25, 0.3) is 0 Å². The SMILES string of the molecule is O=[N+]([O-])c1ccc(CC2CNCCS2(=O)=O)cc1. The van der Waals surface area contributed by atoms with E-state index in [2.05, 4.69) is 5.32 Å². The van der Waals surface area contributed by atoms with Crippen LogP contribution < -0.4 is 5.32 Å². The summed E-state index contributed by atoms with van der Waals surface area (Å²) in [6.07, 6.45) is 0.396. The molecular formula is C11H14N2O4S. The molecule has 1 atom stereocenters. The number of nitrogens with zero attached hydrogens (tertiary/aromatic N) is 1. The number of sulfone groups is 1. The first-order valence-electron chi connectivity index (χ1n) is 5.64. The summed E-state index contributed by atoms with van der Waals surface area (Å²) >= 11 is 0. The van der Waals surface area contributed by atoms with Crippen LogP contribution in [0.4, 0.5) is 5.69 Å². The Bertz CT molecular complexity index is 539. The molecule has 1 aliphatic heterocycles. The van der Waals surface area contributed by atoms with E-state index in [9.17, 15) is 18.5 Å². The van der Waals surface area contributed by atoms with Crippen LogP contribution in [0.15, 0.2) is 24.3 Å². The van der Waals surface area contributed by atoms with Gasteiger partial charge < -0.3 is 5.32 Å². The van der Waals surface area contributed by atoms with Crippen molar-refractivity contribution in [2.45, 2.75) is 11.7 Å². The summed E-state index contributed by atoms with van der Waals surface area (Å²) in [5.74, 6) is 0.157. The molecule has 1 aliphatic rings. The number of non-ortho nitro benzene ring substituents is 1. The van der Waals surface area contributed by atoms with Crippen molar-refractivity contribution in [2.24, 2.45) is 0 Å². The molecule has 1 N–H and O–H groups in total. The molecule has 98 valence electrons. The average molecular weight is 270 g/mol. The Morgan fingerprint density at radius 2 is 2.00 bits per heavy atom. The molecule has 0 bridgehead atoms. The second kappa shape index (κ2) is 5.03. The van der Waals surface area contributed by atoms with Crippen LogP contribution in [0, 0.1) is 10.1 Å². The highest BCUT2D eigenvalue weighted by Gasteiger charge is 2.28. The van der Waals surface area contributed by atoms with E-state index in [1.807, 2.05) is 0 Å². The number of benzene rings is 1. The monoisotopic (exact) mass is 270 g/mol. The largest absolute Gasteiger partial charge is 0.314 e. The highest BCUT2D eigenvalue weighted by Crippen LogP contribution is 2.16. The van der Waals surface area contributed by atoms with E-state index in [1.165, 1.54) is 12.1 Å². The summed E-state index contributed by atoms with van der Waals surface area (Å²) in [5.41, 5.74) is 0.821. The molecule has 1 saturated heterocycles. The summed E-state index contributed by atoms with van der Waals surface area (Å²) in [4.78, 5) is 10.0. The van der Waals surface area contributed by atoms with Crippen LogP contribution >= 0.6 is 0 Å². The fraction of sp³-hybridized carbons (Fsp3) is 0.455. The maximum Gasteiger partial charge on any atom is 0.269 e. The number of nitro groups is 1. The fourth-order valence-electron chi connectivity index (χ4n) is 1.99. The first kappa shape index (κ1) is 13.0. The third-order valence-corrected chi connectivity index (χ3v) is 5.18. The van der Waals surface area contributed by atoms with Gasteiger partial charge in [-0.05, 0) is 12.0 Å². The van der Waals surface area contributed by atoms with Gasteiger partial charge in [0, 0.05) is 25.2 Å². The van der Waals surface area contributed by atoms with Gasteiger partial charge in [-0.25, -0.2) is 8.42 Å². The maximum atomic E-state index is 11.8. The van der Waals surface area contributed by atoms with E-state index in [4.69, 9.17) is 0 Å². The van der Waals surface area contributed by atoms with Gasteiger partial charge in [0.05, 0.1) is 15.9 Å². The van der Waals surface area contributed by atoms with Gasteiger partial charge in [-0.3, -0.25) is 10.1 Å². The summed E-state index contributed by atoms with van der Waals surface area (Å²) in [7, 11) is -3.04. The molecule has 1 heterocycles. The minimum absolute atomic E-state index is 0.0170. The van der Waals surface area contributed by atoms with Gasteiger partial charge in [-0.15, -0.1) is 0 Å². The minimum atomic E-state index is -3.04. The molecule has 0 saturated carbocycles. The maximum absolute atomic E-state index is 11.8. The molecular weight excluding hydrogens is 256 g/mol. The van der Waals surface area contributed by atoms with Gasteiger partial charge >= 0.3 is 0 Å². The molecule has 0 radical (unpaired) electrons. The Morgan fingerprint density at radius 3 is 2.56 bits per heavy atom. The average Bonchev–Trinajstić information content (AvgIpc) is 2.32. The molecule has 2 rings (SSSR count). The predicted molar refractivity (Wildman–Crippen MR) is 67.2 cm³/mol. The summed E-state index contributed by atoms with van der Waals surface area (Å²) < 4.78 is 23.6. The van der Waals surface area contributed by atoms with Crippen LogP contribution in [0.1, 0.15) is 5.56 Å². The Balaban J connectivity index is 2.11. The zero-order valence-corrected chi connectivity index (χ0v) is 10.5. The van der Waals surface area contributed by atoms with Crippen molar-refractivity contribution in [3.05, 3.63) is 39.9 Å². The third-order valence-electron chi connectivity index (χ3n) is 3.05. The van der Waals surface area contributed by atoms with Gasteiger partial charge in [0.15, 0.2) is 9.84 Å². The lowest BCUT2D eigenvalue weighted by molar-refractivity contribution is -0.384. The first-order chi connectivity index (χ1) is 8.49. The molecule has 1 aromatic carbocycles. The van der Waals surface area contributed by atoms with Gasteiger partial charge in [0.2, 0.25) is 0 Å². The van der Waals surface area contributed by atoms with Gasteiger partial charge in [-0.1, -0.05) is 12.1 Å². The highest BCUT2D eigenvalue weighted by atomic mass is 32.2. The molecule has 0 aromatic heterocycles. The van der Waals surface area contributed by atoms with Crippen molar-refractivity contribution in [3.63, 3.8) is 0 Å². The van der Waals surface area contributed by atoms with E-state index in [0.29, 0.717) is 19.5 Å². The number of nitro benzene ring substituents is 1. The summed E-state index contributed by atoms with van der Waals surface area (Å²) in [5, 5.41) is 13.1. The van der Waals surface area contributed by atoms with Gasteiger partial charge in [0.1, 0.15) is 0 Å². The van der Waals surface area contributed by atoms with Crippen LogP contribution in [-0.2, 0) is 16.3 Å². The molecule has 0 aliphatic carbocycles. The summed E-state index contributed by atoms with van der Waals surface area (Å²) in [6, 6.07) is 6.03. The second-order valence-corrected chi connectivity index (χ2v) is 6.72. The van der Waals surface area contributed by atoms with Crippen molar-refractivity contribution in [1.82, 2.24) is 5.32 Å². The van der Waals surface area contributed by atoms with Crippen molar-refractivity contribution in [2.75, 3.05) is 18.8 Å². The normalized spacial score (nSPS) is 22.6. The fourth-order valence-corrected chi connectivity index (χ4v) is 3.57. The molecule has 1 fully saturated rings. The Hall–Kier alpha value is -1.47. The molecule has 18 heavy (non-hydrogen) atoms. The number of rotatable bonds is 3. The van der Waals surface area contributed by atoms with Gasteiger partial charge in [-0.2, -0.15) is 0 Å². The van der Waals surface area contributed by atoms with Crippen LogP contribution in [-0.4, -0.2) is 37.4 Å².